The fraction of sp³-hybridized carbons (Fsp3) is 0.571. The van der Waals surface area contributed by atoms with E-state index < -0.39 is 0 Å². The smallest absolute Gasteiger partial charge is 0.333 e. The number of allylic oxidation sites excluding steroid dienone is 1. The number of hydrogen-bond donors (Lipinski definition) is 0. The van der Waals surface area contributed by atoms with Crippen LogP contribution in [-0.2, 0) is 14.3 Å². The average molecular weight is 142 g/mol. The summed E-state index contributed by atoms with van der Waals surface area (Å²) >= 11 is 0. The molecule has 1 rings (SSSR count). The molecule has 1 aliphatic rings. The topological polar surface area (TPSA) is 35.5 Å². The molecular formula is C7H10O3. The number of ether oxygens (including phenoxy) is 2. The molecule has 0 spiro atoms. The summed E-state index contributed by atoms with van der Waals surface area (Å²) in [5.74, 6) is 0.406. The zero-order valence-electron chi connectivity index (χ0n) is 5.92. The summed E-state index contributed by atoms with van der Waals surface area (Å²) in [4.78, 5) is 10.6. The number of carbonyl (C=O) groups is 1. The number of carbonyl (C=O) groups excluding carboxylic acids is 1. The van der Waals surface area contributed by atoms with Crippen molar-refractivity contribution in [2.45, 2.75) is 12.8 Å². The molecule has 1 saturated heterocycles. The Hall–Kier alpha value is -0.990. The zero-order valence-corrected chi connectivity index (χ0v) is 5.92. The fourth-order valence-electron chi connectivity index (χ4n) is 0.826. The third-order valence-corrected chi connectivity index (χ3v) is 1.33. The quantitative estimate of drug-likeness (QED) is 0.402. The molecule has 1 heterocycles. The first-order valence-corrected chi connectivity index (χ1v) is 3.24. The first kappa shape index (κ1) is 7.12. The third kappa shape index (κ3) is 1.76. The largest absolute Gasteiger partial charge is 0.498 e. The molecule has 10 heavy (non-hydrogen) atoms. The highest BCUT2D eigenvalue weighted by Gasteiger charge is 2.08. The monoisotopic (exact) mass is 142 g/mol. The van der Waals surface area contributed by atoms with Gasteiger partial charge in [0, 0.05) is 6.42 Å². The fourth-order valence-corrected chi connectivity index (χ4v) is 0.826. The Morgan fingerprint density at radius 1 is 1.80 bits per heavy atom. The summed E-state index contributed by atoms with van der Waals surface area (Å²) in [5.41, 5.74) is 0. The van der Waals surface area contributed by atoms with Gasteiger partial charge < -0.3 is 9.47 Å². The van der Waals surface area contributed by atoms with Gasteiger partial charge in [-0.05, 0) is 6.42 Å². The second kappa shape index (κ2) is 3.25. The molecule has 0 aliphatic carbocycles. The summed E-state index contributed by atoms with van der Waals surface area (Å²) in [5, 5.41) is 0. The predicted octanol–water partition coefficient (Wildman–Crippen LogP) is 0.854. The van der Waals surface area contributed by atoms with Crippen LogP contribution >= 0.6 is 0 Å². The minimum absolute atomic E-state index is 0.336. The van der Waals surface area contributed by atoms with Gasteiger partial charge in [0.2, 0.25) is 0 Å². The summed E-state index contributed by atoms with van der Waals surface area (Å²) in [6.07, 6.45) is 3.25. The molecule has 0 bridgehead atoms. The van der Waals surface area contributed by atoms with Crippen molar-refractivity contribution in [2.24, 2.45) is 0 Å². The maximum Gasteiger partial charge on any atom is 0.333 e. The Kier molecular flexibility index (Phi) is 2.31. The van der Waals surface area contributed by atoms with Gasteiger partial charge in [-0.25, -0.2) is 4.79 Å². The summed E-state index contributed by atoms with van der Waals surface area (Å²) in [6, 6.07) is 0. The maximum absolute atomic E-state index is 10.6. The Balaban J connectivity index is 2.45. The SMILES string of the molecule is COC(=O)C=C1CCCO1. The first-order chi connectivity index (χ1) is 4.83. The van der Waals surface area contributed by atoms with E-state index in [4.69, 9.17) is 4.74 Å². The van der Waals surface area contributed by atoms with Crippen LogP contribution in [0.5, 0.6) is 0 Å². The maximum atomic E-state index is 10.6. The highest BCUT2D eigenvalue weighted by atomic mass is 16.5. The number of esters is 1. The van der Waals surface area contributed by atoms with E-state index >= 15 is 0 Å². The minimum atomic E-state index is -0.336. The Morgan fingerprint density at radius 2 is 2.60 bits per heavy atom. The minimum Gasteiger partial charge on any atom is -0.498 e. The van der Waals surface area contributed by atoms with E-state index in [0.717, 1.165) is 25.2 Å². The Labute approximate surface area is 59.6 Å². The van der Waals surface area contributed by atoms with Crippen molar-refractivity contribution in [3.05, 3.63) is 11.8 Å². The van der Waals surface area contributed by atoms with Crippen LogP contribution in [0, 0.1) is 0 Å². The number of hydrogen-bond acceptors (Lipinski definition) is 3. The second-order valence-corrected chi connectivity index (χ2v) is 2.09. The Morgan fingerprint density at radius 3 is 3.10 bits per heavy atom. The second-order valence-electron chi connectivity index (χ2n) is 2.09. The van der Waals surface area contributed by atoms with Crippen molar-refractivity contribution in [1.29, 1.82) is 0 Å². The lowest BCUT2D eigenvalue weighted by Gasteiger charge is -1.95. The summed E-state index contributed by atoms with van der Waals surface area (Å²) in [6.45, 7) is 0.725. The molecule has 0 aromatic carbocycles. The van der Waals surface area contributed by atoms with Crippen molar-refractivity contribution >= 4 is 5.97 Å². The van der Waals surface area contributed by atoms with Gasteiger partial charge in [0.05, 0.1) is 19.8 Å². The van der Waals surface area contributed by atoms with Crippen molar-refractivity contribution in [3.63, 3.8) is 0 Å². The average Bonchev–Trinajstić information content (AvgIpc) is 2.40. The van der Waals surface area contributed by atoms with Crippen molar-refractivity contribution < 1.29 is 14.3 Å². The molecule has 0 amide bonds. The lowest BCUT2D eigenvalue weighted by Crippen LogP contribution is -1.96. The lowest BCUT2D eigenvalue weighted by molar-refractivity contribution is -0.135. The Bertz CT molecular complexity index is 152. The van der Waals surface area contributed by atoms with Gasteiger partial charge in [-0.1, -0.05) is 0 Å². The van der Waals surface area contributed by atoms with E-state index in [2.05, 4.69) is 4.74 Å². The van der Waals surface area contributed by atoms with E-state index in [1.165, 1.54) is 13.2 Å². The van der Waals surface area contributed by atoms with E-state index in [0.29, 0.717) is 0 Å². The van der Waals surface area contributed by atoms with Gasteiger partial charge in [-0.2, -0.15) is 0 Å². The van der Waals surface area contributed by atoms with Crippen LogP contribution in [0.4, 0.5) is 0 Å². The predicted molar refractivity (Wildman–Crippen MR) is 35.3 cm³/mol. The van der Waals surface area contributed by atoms with Gasteiger partial charge in [0.25, 0.3) is 0 Å². The molecule has 1 fully saturated rings. The van der Waals surface area contributed by atoms with Crippen LogP contribution in [0.3, 0.4) is 0 Å². The third-order valence-electron chi connectivity index (χ3n) is 1.33. The molecule has 1 aliphatic heterocycles. The van der Waals surface area contributed by atoms with E-state index in [1.54, 1.807) is 0 Å². The summed E-state index contributed by atoms with van der Waals surface area (Å²) in [7, 11) is 1.36. The van der Waals surface area contributed by atoms with Crippen LogP contribution in [0.1, 0.15) is 12.8 Å². The molecular weight excluding hydrogens is 132 g/mol. The van der Waals surface area contributed by atoms with Crippen LogP contribution in [-0.4, -0.2) is 19.7 Å². The van der Waals surface area contributed by atoms with Crippen molar-refractivity contribution in [2.75, 3.05) is 13.7 Å². The van der Waals surface area contributed by atoms with Gasteiger partial charge in [-0.3, -0.25) is 0 Å². The molecule has 0 atom stereocenters. The highest BCUT2D eigenvalue weighted by Crippen LogP contribution is 2.15. The molecule has 0 aromatic rings. The normalized spacial score (nSPS) is 20.7. The molecule has 0 N–H and O–H groups in total. The van der Waals surface area contributed by atoms with Gasteiger partial charge in [-0.15, -0.1) is 0 Å². The molecule has 0 aromatic heterocycles. The van der Waals surface area contributed by atoms with Gasteiger partial charge in [0.15, 0.2) is 0 Å². The first-order valence-electron chi connectivity index (χ1n) is 3.24. The van der Waals surface area contributed by atoms with Crippen LogP contribution in [0.25, 0.3) is 0 Å². The highest BCUT2D eigenvalue weighted by molar-refractivity contribution is 5.82. The summed E-state index contributed by atoms with van der Waals surface area (Å²) < 4.78 is 9.50. The lowest BCUT2D eigenvalue weighted by atomic mass is 10.3. The molecule has 0 unspecified atom stereocenters. The molecule has 0 saturated carbocycles. The van der Waals surface area contributed by atoms with Crippen LogP contribution in [0.2, 0.25) is 0 Å². The van der Waals surface area contributed by atoms with Crippen LogP contribution in [0.15, 0.2) is 11.8 Å². The number of rotatable bonds is 1. The van der Waals surface area contributed by atoms with Crippen LogP contribution < -0.4 is 0 Å². The van der Waals surface area contributed by atoms with E-state index in [1.807, 2.05) is 0 Å². The van der Waals surface area contributed by atoms with Gasteiger partial charge >= 0.3 is 5.97 Å². The van der Waals surface area contributed by atoms with E-state index in [-0.39, 0.29) is 5.97 Å². The molecule has 3 nitrogen and oxygen atoms in total. The van der Waals surface area contributed by atoms with Gasteiger partial charge in [0.1, 0.15) is 5.76 Å². The van der Waals surface area contributed by atoms with E-state index in [9.17, 15) is 4.79 Å². The molecule has 0 radical (unpaired) electrons. The number of methoxy groups -OCH3 is 1. The van der Waals surface area contributed by atoms with Crippen molar-refractivity contribution in [1.82, 2.24) is 0 Å². The molecule has 56 valence electrons. The molecule has 3 heteroatoms. The zero-order chi connectivity index (χ0) is 7.40. The van der Waals surface area contributed by atoms with Crippen molar-refractivity contribution in [3.8, 4) is 0 Å². The standard InChI is InChI=1S/C7H10O3/c1-9-7(8)5-6-3-2-4-10-6/h5H,2-4H2,1H3.